The lowest BCUT2D eigenvalue weighted by atomic mass is 10.2. The number of hydrogen-bond donors (Lipinski definition) is 1. The summed E-state index contributed by atoms with van der Waals surface area (Å²) in [5.41, 5.74) is 1.30. The van der Waals surface area contributed by atoms with Crippen LogP contribution in [-0.4, -0.2) is 65.0 Å². The van der Waals surface area contributed by atoms with Crippen molar-refractivity contribution in [3.63, 3.8) is 0 Å². The van der Waals surface area contributed by atoms with E-state index in [0.29, 0.717) is 12.7 Å². The molecule has 2 aliphatic heterocycles. The summed E-state index contributed by atoms with van der Waals surface area (Å²) in [4.78, 5) is 30.2. The van der Waals surface area contributed by atoms with E-state index in [1.807, 2.05) is 11.0 Å². The van der Waals surface area contributed by atoms with Crippen LogP contribution in [0.4, 0.5) is 4.79 Å². The second-order valence-corrected chi connectivity index (χ2v) is 7.09. The number of nitrogens with one attached hydrogen (secondary N) is 1. The first kappa shape index (κ1) is 15.4. The molecule has 6 nitrogen and oxygen atoms in total. The monoisotopic (exact) mass is 328 g/mol. The van der Waals surface area contributed by atoms with Gasteiger partial charge >= 0.3 is 6.03 Å². The predicted octanol–water partition coefficient (Wildman–Crippen LogP) is 1.23. The van der Waals surface area contributed by atoms with Gasteiger partial charge in [-0.05, 0) is 24.8 Å². The Bertz CT molecular complexity index is 617. The van der Waals surface area contributed by atoms with Gasteiger partial charge in [0, 0.05) is 31.7 Å². The van der Waals surface area contributed by atoms with Gasteiger partial charge < -0.3 is 10.2 Å². The minimum Gasteiger partial charge on any atom is -0.334 e. The number of nitrogens with zero attached hydrogens (tertiary/aromatic N) is 3. The van der Waals surface area contributed by atoms with E-state index >= 15 is 0 Å². The zero-order valence-electron chi connectivity index (χ0n) is 13.9. The molecule has 0 bridgehead atoms. The van der Waals surface area contributed by atoms with Crippen LogP contribution in [0.3, 0.4) is 0 Å². The first-order valence-electron chi connectivity index (χ1n) is 8.80. The number of rotatable bonds is 4. The number of benzene rings is 1. The summed E-state index contributed by atoms with van der Waals surface area (Å²) >= 11 is 0. The normalized spacial score (nSPS) is 24.7. The van der Waals surface area contributed by atoms with Crippen LogP contribution < -0.4 is 5.32 Å². The van der Waals surface area contributed by atoms with Crippen molar-refractivity contribution in [1.82, 2.24) is 20.0 Å². The summed E-state index contributed by atoms with van der Waals surface area (Å²) in [6.45, 7) is 3.46. The summed E-state index contributed by atoms with van der Waals surface area (Å²) in [5.74, 6) is 0.0878. The fourth-order valence-electron chi connectivity index (χ4n) is 3.61. The Labute approximate surface area is 142 Å². The van der Waals surface area contributed by atoms with Crippen molar-refractivity contribution < 1.29 is 9.59 Å². The van der Waals surface area contributed by atoms with Gasteiger partial charge in [-0.3, -0.25) is 14.6 Å². The topological polar surface area (TPSA) is 55.9 Å². The molecule has 0 spiro atoms. The van der Waals surface area contributed by atoms with Crippen LogP contribution in [0.2, 0.25) is 0 Å². The van der Waals surface area contributed by atoms with E-state index in [2.05, 4.69) is 34.5 Å². The number of urea groups is 1. The second-order valence-electron chi connectivity index (χ2n) is 7.09. The van der Waals surface area contributed by atoms with Gasteiger partial charge in [0.1, 0.15) is 6.54 Å². The Kier molecular flexibility index (Phi) is 4.14. The minimum atomic E-state index is -0.0990. The molecule has 1 N–H and O–H groups in total. The molecule has 2 heterocycles. The maximum atomic E-state index is 12.4. The van der Waals surface area contributed by atoms with E-state index in [4.69, 9.17) is 0 Å². The molecule has 3 aliphatic rings. The average molecular weight is 328 g/mol. The largest absolute Gasteiger partial charge is 0.334 e. The van der Waals surface area contributed by atoms with E-state index in [1.54, 1.807) is 4.90 Å². The van der Waals surface area contributed by atoms with Gasteiger partial charge in [-0.1, -0.05) is 30.3 Å². The Hall–Kier alpha value is -2.08. The molecule has 0 aromatic heterocycles. The van der Waals surface area contributed by atoms with Crippen molar-refractivity contribution in [3.8, 4) is 0 Å². The molecule has 1 aromatic rings. The fraction of sp³-hybridized carbons (Fsp3) is 0.556. The van der Waals surface area contributed by atoms with Crippen LogP contribution in [0.15, 0.2) is 30.3 Å². The summed E-state index contributed by atoms with van der Waals surface area (Å²) < 4.78 is 0. The number of amides is 3. The molecule has 1 saturated carbocycles. The Balaban J connectivity index is 1.26. The molecular weight excluding hydrogens is 304 g/mol. The minimum absolute atomic E-state index is 0.0878. The summed E-state index contributed by atoms with van der Waals surface area (Å²) in [6.07, 6.45) is 3.13. The zero-order chi connectivity index (χ0) is 16.5. The van der Waals surface area contributed by atoms with E-state index in [9.17, 15) is 9.59 Å². The fourth-order valence-corrected chi connectivity index (χ4v) is 3.61. The van der Waals surface area contributed by atoms with Crippen molar-refractivity contribution in [1.29, 1.82) is 0 Å². The van der Waals surface area contributed by atoms with E-state index in [1.165, 1.54) is 5.56 Å². The summed E-state index contributed by atoms with van der Waals surface area (Å²) in [7, 11) is 0. The maximum Gasteiger partial charge on any atom is 0.319 e. The van der Waals surface area contributed by atoms with E-state index in [0.717, 1.165) is 38.9 Å². The van der Waals surface area contributed by atoms with Crippen molar-refractivity contribution in [3.05, 3.63) is 35.9 Å². The van der Waals surface area contributed by atoms with Crippen LogP contribution >= 0.6 is 0 Å². The summed E-state index contributed by atoms with van der Waals surface area (Å²) in [5, 5.41) is 3.10. The van der Waals surface area contributed by atoms with Gasteiger partial charge in [0.15, 0.2) is 0 Å². The highest BCUT2D eigenvalue weighted by atomic mass is 16.2. The number of likely N-dealkylation sites (tertiary alicyclic amines) is 1. The summed E-state index contributed by atoms with van der Waals surface area (Å²) in [6, 6.07) is 10.9. The quantitative estimate of drug-likeness (QED) is 0.905. The van der Waals surface area contributed by atoms with Crippen LogP contribution in [0.25, 0.3) is 0 Å². The van der Waals surface area contributed by atoms with Gasteiger partial charge in [-0.15, -0.1) is 0 Å². The molecule has 1 atom stereocenters. The predicted molar refractivity (Wildman–Crippen MR) is 90.1 cm³/mol. The molecular formula is C18H24N4O2. The molecule has 1 aliphatic carbocycles. The highest BCUT2D eigenvalue weighted by Gasteiger charge is 2.40. The third-order valence-corrected chi connectivity index (χ3v) is 5.09. The molecule has 24 heavy (non-hydrogen) atoms. The third kappa shape index (κ3) is 3.38. The van der Waals surface area contributed by atoms with Crippen LogP contribution in [-0.2, 0) is 11.3 Å². The lowest BCUT2D eigenvalue weighted by molar-refractivity contribution is -0.127. The highest BCUT2D eigenvalue weighted by Crippen LogP contribution is 2.29. The number of hydrogen-bond acceptors (Lipinski definition) is 3. The van der Waals surface area contributed by atoms with E-state index in [-0.39, 0.29) is 24.5 Å². The van der Waals surface area contributed by atoms with Crippen LogP contribution in [0.5, 0.6) is 0 Å². The highest BCUT2D eigenvalue weighted by molar-refractivity contribution is 5.87. The van der Waals surface area contributed by atoms with Crippen molar-refractivity contribution in [2.24, 2.45) is 0 Å². The lowest BCUT2D eigenvalue weighted by Crippen LogP contribution is -2.45. The van der Waals surface area contributed by atoms with Crippen molar-refractivity contribution in [2.75, 3.05) is 26.3 Å². The lowest BCUT2D eigenvalue weighted by Gasteiger charge is -2.21. The van der Waals surface area contributed by atoms with Gasteiger partial charge in [-0.2, -0.15) is 0 Å². The van der Waals surface area contributed by atoms with Crippen molar-refractivity contribution >= 4 is 11.9 Å². The van der Waals surface area contributed by atoms with Crippen molar-refractivity contribution in [2.45, 2.75) is 37.9 Å². The standard InChI is InChI=1S/C18H24N4O2/c23-17-12-21(13-22(17)16-6-7-16)18(24)19-15-8-9-20(11-15)10-14-4-2-1-3-5-14/h1-5,15-16H,6-13H2,(H,19,24)/t15-/m1/s1. The molecule has 2 saturated heterocycles. The Morgan fingerprint density at radius 2 is 1.96 bits per heavy atom. The second kappa shape index (κ2) is 6.43. The molecule has 0 radical (unpaired) electrons. The molecule has 4 rings (SSSR count). The van der Waals surface area contributed by atoms with E-state index < -0.39 is 0 Å². The molecule has 6 heteroatoms. The van der Waals surface area contributed by atoms with Crippen LogP contribution in [0, 0.1) is 0 Å². The molecule has 3 fully saturated rings. The average Bonchev–Trinajstić information content (AvgIpc) is 3.21. The first-order chi connectivity index (χ1) is 11.7. The number of carbonyl (C=O) groups is 2. The Morgan fingerprint density at radius 3 is 2.71 bits per heavy atom. The SMILES string of the molecule is O=C(N[C@@H]1CCN(Cc2ccccc2)C1)N1CC(=O)N(C2CC2)C1. The van der Waals surface area contributed by atoms with Gasteiger partial charge in [0.2, 0.25) is 5.91 Å². The van der Waals surface area contributed by atoms with Crippen LogP contribution in [0.1, 0.15) is 24.8 Å². The van der Waals surface area contributed by atoms with Gasteiger partial charge in [0.05, 0.1) is 6.67 Å². The zero-order valence-corrected chi connectivity index (χ0v) is 13.9. The molecule has 3 amide bonds. The number of carbonyl (C=O) groups excluding carboxylic acids is 2. The van der Waals surface area contributed by atoms with Gasteiger partial charge in [-0.25, -0.2) is 4.79 Å². The van der Waals surface area contributed by atoms with Gasteiger partial charge in [0.25, 0.3) is 0 Å². The molecule has 0 unspecified atom stereocenters. The molecule has 1 aromatic carbocycles. The molecule has 128 valence electrons. The Morgan fingerprint density at radius 1 is 1.17 bits per heavy atom. The first-order valence-corrected chi connectivity index (χ1v) is 8.80. The third-order valence-electron chi connectivity index (χ3n) is 5.09. The maximum absolute atomic E-state index is 12.4. The smallest absolute Gasteiger partial charge is 0.319 e.